The lowest BCUT2D eigenvalue weighted by Gasteiger charge is -2.17. The van der Waals surface area contributed by atoms with Crippen LogP contribution in [0.2, 0.25) is 0 Å². The predicted octanol–water partition coefficient (Wildman–Crippen LogP) is 1.38. The Balaban J connectivity index is 2.76. The number of aliphatic hydroxyl groups excluding tert-OH is 1. The van der Waals surface area contributed by atoms with E-state index in [1.807, 2.05) is 6.26 Å². The molecule has 4 nitrogen and oxygen atoms in total. The van der Waals surface area contributed by atoms with E-state index >= 15 is 0 Å². The molecule has 0 unspecified atom stereocenters. The Hall–Kier alpha value is -1.27. The first-order valence-electron chi connectivity index (χ1n) is 5.47. The minimum absolute atomic E-state index is 0.0410. The van der Waals surface area contributed by atoms with Crippen LogP contribution in [0.4, 0.5) is 4.39 Å². The van der Waals surface area contributed by atoms with Crippen molar-refractivity contribution in [2.24, 2.45) is 0 Å². The van der Waals surface area contributed by atoms with E-state index in [0.29, 0.717) is 12.2 Å². The van der Waals surface area contributed by atoms with Crippen LogP contribution in [0.1, 0.15) is 16.8 Å². The molecule has 1 aromatic carbocycles. The summed E-state index contributed by atoms with van der Waals surface area (Å²) in [6.45, 7) is -0.0410. The summed E-state index contributed by atoms with van der Waals surface area (Å²) in [7, 11) is 0. The van der Waals surface area contributed by atoms with Crippen molar-refractivity contribution in [2.45, 2.75) is 12.5 Å². The van der Waals surface area contributed by atoms with Crippen LogP contribution in [0.3, 0.4) is 0 Å². The van der Waals surface area contributed by atoms with E-state index in [4.69, 9.17) is 5.11 Å². The highest BCUT2D eigenvalue weighted by atomic mass is 32.2. The Bertz CT molecular complexity index is 408. The first-order valence-corrected chi connectivity index (χ1v) is 6.87. The van der Waals surface area contributed by atoms with E-state index in [1.165, 1.54) is 11.8 Å². The van der Waals surface area contributed by atoms with Gasteiger partial charge in [0.2, 0.25) is 0 Å². The van der Waals surface area contributed by atoms with Crippen LogP contribution >= 0.6 is 11.8 Å². The summed E-state index contributed by atoms with van der Waals surface area (Å²) in [6, 6.07) is 3.00. The molecule has 1 aromatic rings. The second kappa shape index (κ2) is 7.23. The van der Waals surface area contributed by atoms with E-state index in [-0.39, 0.29) is 24.0 Å². The normalized spacial score (nSPS) is 12.2. The fourth-order valence-corrected chi connectivity index (χ4v) is 2.16. The van der Waals surface area contributed by atoms with Crippen LogP contribution in [-0.2, 0) is 0 Å². The van der Waals surface area contributed by atoms with Crippen molar-refractivity contribution in [1.82, 2.24) is 5.32 Å². The zero-order chi connectivity index (χ0) is 13.5. The molecule has 0 saturated carbocycles. The summed E-state index contributed by atoms with van der Waals surface area (Å²) in [4.78, 5) is 11.8. The van der Waals surface area contributed by atoms with Crippen molar-refractivity contribution in [1.29, 1.82) is 0 Å². The molecule has 3 N–H and O–H groups in total. The molecule has 1 amide bonds. The molecule has 0 heterocycles. The zero-order valence-corrected chi connectivity index (χ0v) is 10.8. The molecule has 0 radical (unpaired) electrons. The Morgan fingerprint density at radius 2 is 2.28 bits per heavy atom. The highest BCUT2D eigenvalue weighted by molar-refractivity contribution is 7.98. The largest absolute Gasteiger partial charge is 0.507 e. The fourth-order valence-electron chi connectivity index (χ4n) is 1.51. The van der Waals surface area contributed by atoms with E-state index in [0.717, 1.165) is 18.2 Å². The molecule has 0 fully saturated rings. The van der Waals surface area contributed by atoms with Gasteiger partial charge in [-0.15, -0.1) is 0 Å². The number of rotatable bonds is 6. The van der Waals surface area contributed by atoms with Gasteiger partial charge >= 0.3 is 0 Å². The average Bonchev–Trinajstić information content (AvgIpc) is 2.33. The number of hydrogen-bond donors (Lipinski definition) is 3. The third kappa shape index (κ3) is 4.19. The lowest BCUT2D eigenvalue weighted by Crippen LogP contribution is -2.37. The van der Waals surface area contributed by atoms with Gasteiger partial charge in [-0.25, -0.2) is 4.39 Å². The quantitative estimate of drug-likeness (QED) is 0.732. The number of aromatic hydroxyl groups is 1. The van der Waals surface area contributed by atoms with Crippen LogP contribution < -0.4 is 5.32 Å². The summed E-state index contributed by atoms with van der Waals surface area (Å²) in [6.07, 6.45) is 2.30. The van der Waals surface area contributed by atoms with Crippen LogP contribution in [0.25, 0.3) is 0 Å². The van der Waals surface area contributed by atoms with Gasteiger partial charge in [0.1, 0.15) is 11.6 Å². The fraction of sp³-hybridized carbons (Fsp3) is 0.417. The van der Waals surface area contributed by atoms with Gasteiger partial charge in [-0.2, -0.15) is 11.8 Å². The van der Waals surface area contributed by atoms with Gasteiger partial charge in [0.25, 0.3) is 5.91 Å². The molecule has 0 saturated heterocycles. The maximum atomic E-state index is 13.0. The number of nitrogens with one attached hydrogen (secondary N) is 1. The Morgan fingerprint density at radius 1 is 1.56 bits per heavy atom. The monoisotopic (exact) mass is 273 g/mol. The summed E-state index contributed by atoms with van der Waals surface area (Å²) in [5, 5.41) is 21.0. The molecule has 0 aliphatic carbocycles. The van der Waals surface area contributed by atoms with Gasteiger partial charge in [-0.05, 0) is 30.9 Å². The van der Waals surface area contributed by atoms with Crippen molar-refractivity contribution < 1.29 is 19.4 Å². The SMILES string of the molecule is CSC[C@@H](CCO)NC(=O)c1cc(F)ccc1O. The van der Waals surface area contributed by atoms with Crippen LogP contribution in [-0.4, -0.2) is 40.8 Å². The molecule has 1 rings (SSSR count). The molecule has 6 heteroatoms. The van der Waals surface area contributed by atoms with Crippen molar-refractivity contribution in [3.8, 4) is 5.75 Å². The Kier molecular flexibility index (Phi) is 5.94. The second-order valence-electron chi connectivity index (χ2n) is 3.80. The predicted molar refractivity (Wildman–Crippen MR) is 69.4 cm³/mol. The number of aliphatic hydroxyl groups is 1. The molecule has 100 valence electrons. The van der Waals surface area contributed by atoms with Gasteiger partial charge in [0.15, 0.2) is 0 Å². The van der Waals surface area contributed by atoms with Crippen LogP contribution in [0.5, 0.6) is 5.75 Å². The van der Waals surface area contributed by atoms with Crippen molar-refractivity contribution in [3.63, 3.8) is 0 Å². The summed E-state index contributed by atoms with van der Waals surface area (Å²) < 4.78 is 13.0. The van der Waals surface area contributed by atoms with Crippen molar-refractivity contribution >= 4 is 17.7 Å². The topological polar surface area (TPSA) is 69.6 Å². The van der Waals surface area contributed by atoms with Gasteiger partial charge in [0.05, 0.1) is 5.56 Å². The molecule has 0 bridgehead atoms. The Morgan fingerprint density at radius 3 is 2.89 bits per heavy atom. The van der Waals surface area contributed by atoms with Crippen molar-refractivity contribution in [3.05, 3.63) is 29.6 Å². The number of phenols is 1. The highest BCUT2D eigenvalue weighted by Crippen LogP contribution is 2.18. The summed E-state index contributed by atoms with van der Waals surface area (Å²) in [5.41, 5.74) is -0.0981. The lowest BCUT2D eigenvalue weighted by molar-refractivity contribution is 0.0932. The van der Waals surface area contributed by atoms with E-state index in [1.54, 1.807) is 0 Å². The minimum atomic E-state index is -0.582. The molecule has 0 aromatic heterocycles. The van der Waals surface area contributed by atoms with Gasteiger partial charge in [0, 0.05) is 18.4 Å². The smallest absolute Gasteiger partial charge is 0.255 e. The molecule has 0 spiro atoms. The van der Waals surface area contributed by atoms with Gasteiger partial charge in [-0.3, -0.25) is 4.79 Å². The first-order chi connectivity index (χ1) is 8.58. The summed E-state index contributed by atoms with van der Waals surface area (Å²) >= 11 is 1.53. The standard InChI is InChI=1S/C12H16FNO3S/c1-18-7-9(4-5-15)14-12(17)10-6-8(13)2-3-11(10)16/h2-3,6,9,15-16H,4-5,7H2,1H3,(H,14,17)/t9-/m1/s1. The lowest BCUT2D eigenvalue weighted by atomic mass is 10.1. The maximum absolute atomic E-state index is 13.0. The first kappa shape index (κ1) is 14.8. The number of hydrogen-bond acceptors (Lipinski definition) is 4. The minimum Gasteiger partial charge on any atom is -0.507 e. The second-order valence-corrected chi connectivity index (χ2v) is 4.71. The average molecular weight is 273 g/mol. The molecular weight excluding hydrogens is 257 g/mol. The van der Waals surface area contributed by atoms with E-state index in [9.17, 15) is 14.3 Å². The number of halogens is 1. The zero-order valence-electron chi connectivity index (χ0n) is 10.0. The molecule has 18 heavy (non-hydrogen) atoms. The molecule has 1 atom stereocenters. The number of amides is 1. The maximum Gasteiger partial charge on any atom is 0.255 e. The van der Waals surface area contributed by atoms with Gasteiger partial charge in [-0.1, -0.05) is 0 Å². The Labute approximate surface area is 109 Å². The van der Waals surface area contributed by atoms with E-state index < -0.39 is 11.7 Å². The number of thioether (sulfide) groups is 1. The number of carbonyl (C=O) groups is 1. The molecule has 0 aliphatic heterocycles. The number of benzene rings is 1. The highest BCUT2D eigenvalue weighted by Gasteiger charge is 2.16. The molecular formula is C12H16FNO3S. The number of carbonyl (C=O) groups excluding carboxylic acids is 1. The van der Waals surface area contributed by atoms with Crippen LogP contribution in [0.15, 0.2) is 18.2 Å². The number of phenolic OH excluding ortho intramolecular Hbond substituents is 1. The molecule has 0 aliphatic rings. The van der Waals surface area contributed by atoms with Crippen molar-refractivity contribution in [2.75, 3.05) is 18.6 Å². The third-order valence-corrected chi connectivity index (χ3v) is 3.12. The third-order valence-electron chi connectivity index (χ3n) is 2.38. The summed E-state index contributed by atoms with van der Waals surface area (Å²) in [5.74, 6) is -0.746. The van der Waals surface area contributed by atoms with E-state index in [2.05, 4.69) is 5.32 Å². The van der Waals surface area contributed by atoms with Crippen LogP contribution in [0, 0.1) is 5.82 Å². The van der Waals surface area contributed by atoms with Gasteiger partial charge < -0.3 is 15.5 Å².